The lowest BCUT2D eigenvalue weighted by atomic mass is 9.97. The first-order chi connectivity index (χ1) is 14.0. The van der Waals surface area contributed by atoms with Crippen molar-refractivity contribution < 1.29 is 9.59 Å². The summed E-state index contributed by atoms with van der Waals surface area (Å²) in [7, 11) is 1.82. The van der Waals surface area contributed by atoms with Crippen LogP contribution in [0.25, 0.3) is 10.1 Å². The first-order valence-corrected chi connectivity index (χ1v) is 10.8. The lowest BCUT2D eigenvalue weighted by Gasteiger charge is -2.22. The van der Waals surface area contributed by atoms with E-state index in [1.54, 1.807) is 29.4 Å². The van der Waals surface area contributed by atoms with E-state index in [-0.39, 0.29) is 23.7 Å². The zero-order valence-corrected chi connectivity index (χ0v) is 17.5. The summed E-state index contributed by atoms with van der Waals surface area (Å²) in [4.78, 5) is 30.6. The predicted octanol–water partition coefficient (Wildman–Crippen LogP) is 4.74. The van der Waals surface area contributed by atoms with Crippen LogP contribution in [0.1, 0.15) is 42.1 Å². The second-order valence-corrected chi connectivity index (χ2v) is 8.61. The van der Waals surface area contributed by atoms with E-state index in [2.05, 4.69) is 39.9 Å². The van der Waals surface area contributed by atoms with Crippen molar-refractivity contribution in [2.24, 2.45) is 5.92 Å². The first kappa shape index (κ1) is 19.6. The lowest BCUT2D eigenvalue weighted by Crippen LogP contribution is -2.33. The zero-order valence-electron chi connectivity index (χ0n) is 16.7. The van der Waals surface area contributed by atoms with Crippen LogP contribution >= 0.6 is 11.3 Å². The van der Waals surface area contributed by atoms with Gasteiger partial charge in [-0.25, -0.2) is 4.98 Å². The molecule has 1 unspecified atom stereocenters. The highest BCUT2D eigenvalue weighted by atomic mass is 32.1. The number of Topliss-reactive ketones (excluding diaryl/α,β-unsaturated/α-hetero) is 1. The minimum absolute atomic E-state index is 0.0282. The molecule has 0 spiro atoms. The van der Waals surface area contributed by atoms with Gasteiger partial charge in [0.1, 0.15) is 5.82 Å². The van der Waals surface area contributed by atoms with Crippen LogP contribution in [0.2, 0.25) is 0 Å². The summed E-state index contributed by atoms with van der Waals surface area (Å²) in [6, 6.07) is 12.3. The fourth-order valence-corrected chi connectivity index (χ4v) is 5.00. The second-order valence-electron chi connectivity index (χ2n) is 7.70. The Kier molecular flexibility index (Phi) is 5.62. The molecule has 3 aromatic rings. The molecule has 0 bridgehead atoms. The molecule has 0 saturated heterocycles. The smallest absolute Gasteiger partial charge is 0.219 e. The first-order valence-electron chi connectivity index (χ1n) is 9.95. The van der Waals surface area contributed by atoms with E-state index in [1.165, 1.54) is 15.6 Å². The normalized spacial score (nSPS) is 18.7. The van der Waals surface area contributed by atoms with Gasteiger partial charge in [-0.15, -0.1) is 11.3 Å². The molecule has 1 aromatic carbocycles. The number of carbonyl (C=O) groups excluding carboxylic acids is 2. The molecule has 1 amide bonds. The van der Waals surface area contributed by atoms with Crippen molar-refractivity contribution in [1.29, 1.82) is 0 Å². The van der Waals surface area contributed by atoms with E-state index in [0.29, 0.717) is 12.1 Å². The van der Waals surface area contributed by atoms with Gasteiger partial charge in [-0.2, -0.15) is 0 Å². The maximum Gasteiger partial charge on any atom is 0.219 e. The number of rotatable bonds is 6. The van der Waals surface area contributed by atoms with Crippen molar-refractivity contribution in [2.45, 2.75) is 38.8 Å². The third-order valence-corrected chi connectivity index (χ3v) is 6.90. The number of fused-ring (bicyclic) bond motifs is 1. The maximum absolute atomic E-state index is 12.8. The molecule has 1 aliphatic carbocycles. The number of benzene rings is 1. The molecule has 6 heteroatoms. The molecule has 2 heterocycles. The molecule has 4 rings (SSSR count). The molecule has 2 atom stereocenters. The van der Waals surface area contributed by atoms with Gasteiger partial charge in [-0.05, 0) is 53.8 Å². The average molecular weight is 408 g/mol. The van der Waals surface area contributed by atoms with Crippen LogP contribution in [0.4, 0.5) is 5.82 Å². The Morgan fingerprint density at radius 1 is 1.21 bits per heavy atom. The van der Waals surface area contributed by atoms with Gasteiger partial charge < -0.3 is 10.2 Å². The Hall–Kier alpha value is -2.73. The summed E-state index contributed by atoms with van der Waals surface area (Å²) < 4.78 is 1.28. The van der Waals surface area contributed by atoms with Gasteiger partial charge in [-0.1, -0.05) is 18.2 Å². The molecular formula is C23H25N3O2S. The number of pyridine rings is 1. The molecule has 5 nitrogen and oxygen atoms in total. The SMILES string of the molecule is CC(=O)N(C)[C@H]1CCC(C(=O)c2ccc(NCc3csc4ccccc34)nc2)C1. The Morgan fingerprint density at radius 3 is 2.79 bits per heavy atom. The molecule has 1 saturated carbocycles. The van der Waals surface area contributed by atoms with E-state index in [1.807, 2.05) is 19.2 Å². The molecule has 29 heavy (non-hydrogen) atoms. The van der Waals surface area contributed by atoms with Crippen LogP contribution in [-0.4, -0.2) is 34.7 Å². The quantitative estimate of drug-likeness (QED) is 0.600. The number of nitrogens with zero attached hydrogens (tertiary/aromatic N) is 2. The van der Waals surface area contributed by atoms with Gasteiger partial charge in [0.2, 0.25) is 5.91 Å². The average Bonchev–Trinajstić information content (AvgIpc) is 3.39. The van der Waals surface area contributed by atoms with E-state index >= 15 is 0 Å². The standard InChI is InChI=1S/C23H25N3O2S/c1-15(27)26(2)19-9-7-16(11-19)23(28)17-8-10-22(24-12-17)25-13-18-14-29-21-6-4-3-5-20(18)21/h3-6,8,10,12,14,16,19H,7,9,11,13H2,1-2H3,(H,24,25)/t16?,19-/m0/s1. The van der Waals surface area contributed by atoms with Crippen molar-refractivity contribution in [2.75, 3.05) is 12.4 Å². The Balaban J connectivity index is 1.36. The fraction of sp³-hybridized carbons (Fsp3) is 0.348. The highest BCUT2D eigenvalue weighted by Gasteiger charge is 2.33. The van der Waals surface area contributed by atoms with Gasteiger partial charge >= 0.3 is 0 Å². The zero-order chi connectivity index (χ0) is 20.4. The van der Waals surface area contributed by atoms with Gasteiger partial charge in [0, 0.05) is 48.9 Å². The molecule has 1 N–H and O–H groups in total. The summed E-state index contributed by atoms with van der Waals surface area (Å²) in [6.45, 7) is 2.27. The number of amides is 1. The second kappa shape index (κ2) is 8.33. The van der Waals surface area contributed by atoms with Crippen molar-refractivity contribution in [3.63, 3.8) is 0 Å². The molecule has 150 valence electrons. The number of ketones is 1. The Labute approximate surface area is 174 Å². The van der Waals surface area contributed by atoms with Crippen molar-refractivity contribution >= 4 is 38.9 Å². The van der Waals surface area contributed by atoms with Crippen LogP contribution in [0.3, 0.4) is 0 Å². The number of thiophene rings is 1. The summed E-state index contributed by atoms with van der Waals surface area (Å²) in [5.74, 6) is 0.919. The summed E-state index contributed by atoms with van der Waals surface area (Å²) in [6.07, 6.45) is 4.11. The van der Waals surface area contributed by atoms with E-state index in [9.17, 15) is 9.59 Å². The van der Waals surface area contributed by atoms with E-state index in [0.717, 1.165) is 25.1 Å². The van der Waals surface area contributed by atoms with Crippen LogP contribution in [0, 0.1) is 5.92 Å². The topological polar surface area (TPSA) is 62.3 Å². The van der Waals surface area contributed by atoms with Gasteiger partial charge in [0.25, 0.3) is 0 Å². The monoisotopic (exact) mass is 407 g/mol. The van der Waals surface area contributed by atoms with Gasteiger partial charge in [0.15, 0.2) is 5.78 Å². The number of aromatic nitrogens is 1. The third-order valence-electron chi connectivity index (χ3n) is 5.89. The van der Waals surface area contributed by atoms with Crippen molar-refractivity contribution in [1.82, 2.24) is 9.88 Å². The largest absolute Gasteiger partial charge is 0.366 e. The number of hydrogen-bond donors (Lipinski definition) is 1. The molecule has 1 aliphatic rings. The lowest BCUT2D eigenvalue weighted by molar-refractivity contribution is -0.129. The molecule has 0 radical (unpaired) electrons. The Morgan fingerprint density at radius 2 is 2.03 bits per heavy atom. The molecular weight excluding hydrogens is 382 g/mol. The third kappa shape index (κ3) is 4.17. The van der Waals surface area contributed by atoms with Gasteiger partial charge in [0.05, 0.1) is 0 Å². The number of anilines is 1. The molecule has 0 aliphatic heterocycles. The van der Waals surface area contributed by atoms with Crippen molar-refractivity contribution in [3.8, 4) is 0 Å². The molecule has 1 fully saturated rings. The fourth-order valence-electron chi connectivity index (χ4n) is 4.04. The maximum atomic E-state index is 12.8. The Bertz CT molecular complexity index is 1030. The van der Waals surface area contributed by atoms with E-state index in [4.69, 9.17) is 0 Å². The van der Waals surface area contributed by atoms with Gasteiger partial charge in [-0.3, -0.25) is 9.59 Å². The van der Waals surface area contributed by atoms with Crippen LogP contribution < -0.4 is 5.32 Å². The summed E-state index contributed by atoms with van der Waals surface area (Å²) in [5.41, 5.74) is 1.90. The number of carbonyl (C=O) groups is 2. The summed E-state index contributed by atoms with van der Waals surface area (Å²) >= 11 is 1.74. The summed E-state index contributed by atoms with van der Waals surface area (Å²) in [5, 5.41) is 6.79. The number of nitrogens with one attached hydrogen (secondary N) is 1. The molecule has 2 aromatic heterocycles. The minimum atomic E-state index is -0.0282. The number of hydrogen-bond acceptors (Lipinski definition) is 5. The van der Waals surface area contributed by atoms with Crippen LogP contribution in [-0.2, 0) is 11.3 Å². The van der Waals surface area contributed by atoms with E-state index < -0.39 is 0 Å². The highest BCUT2D eigenvalue weighted by Crippen LogP contribution is 2.31. The van der Waals surface area contributed by atoms with Crippen LogP contribution in [0.5, 0.6) is 0 Å². The van der Waals surface area contributed by atoms with Crippen LogP contribution in [0.15, 0.2) is 48.0 Å². The van der Waals surface area contributed by atoms with Crippen molar-refractivity contribution in [3.05, 3.63) is 59.1 Å². The highest BCUT2D eigenvalue weighted by molar-refractivity contribution is 7.17. The predicted molar refractivity (Wildman–Crippen MR) is 117 cm³/mol. The minimum Gasteiger partial charge on any atom is -0.366 e.